The number of rotatable bonds is 5. The Bertz CT molecular complexity index is 1020. The van der Waals surface area contributed by atoms with E-state index in [9.17, 15) is 13.2 Å². The van der Waals surface area contributed by atoms with E-state index in [4.69, 9.17) is 10.5 Å². The van der Waals surface area contributed by atoms with E-state index in [2.05, 4.69) is 14.9 Å². The van der Waals surface area contributed by atoms with Crippen molar-refractivity contribution in [2.75, 3.05) is 35.0 Å². The van der Waals surface area contributed by atoms with Gasteiger partial charge in [0, 0.05) is 25.3 Å². The van der Waals surface area contributed by atoms with Crippen LogP contribution in [0.1, 0.15) is 27.2 Å². The summed E-state index contributed by atoms with van der Waals surface area (Å²) in [5, 5.41) is 3.24. The van der Waals surface area contributed by atoms with Crippen molar-refractivity contribution in [3.63, 3.8) is 0 Å². The van der Waals surface area contributed by atoms with Gasteiger partial charge in [-0.1, -0.05) is 18.2 Å². The highest BCUT2D eigenvalue weighted by Crippen LogP contribution is 2.28. The van der Waals surface area contributed by atoms with E-state index < -0.39 is 15.6 Å². The number of hydrogen-bond donors (Lipinski definition) is 3. The first kappa shape index (κ1) is 22.9. The average Bonchev–Trinajstić information content (AvgIpc) is 2.95. The van der Waals surface area contributed by atoms with Crippen LogP contribution in [0.3, 0.4) is 0 Å². The molecule has 0 amide bonds. The van der Waals surface area contributed by atoms with Crippen molar-refractivity contribution in [2.24, 2.45) is 0 Å². The molecular formula is C22H30N4O4S. The molecule has 1 aliphatic heterocycles. The van der Waals surface area contributed by atoms with Crippen molar-refractivity contribution in [1.29, 1.82) is 0 Å². The van der Waals surface area contributed by atoms with E-state index in [-0.39, 0.29) is 16.9 Å². The maximum atomic E-state index is 12.7. The molecule has 1 saturated heterocycles. The van der Waals surface area contributed by atoms with Crippen LogP contribution in [0.4, 0.5) is 17.1 Å². The summed E-state index contributed by atoms with van der Waals surface area (Å²) in [6.07, 6.45) is 0.574. The van der Waals surface area contributed by atoms with Gasteiger partial charge in [-0.05, 0) is 57.5 Å². The lowest BCUT2D eigenvalue weighted by Crippen LogP contribution is -2.41. The number of benzene rings is 2. The zero-order valence-electron chi connectivity index (χ0n) is 18.1. The lowest BCUT2D eigenvalue weighted by Gasteiger charge is -2.24. The molecule has 9 heteroatoms. The first-order chi connectivity index (χ1) is 14.5. The van der Waals surface area contributed by atoms with Gasteiger partial charge < -0.3 is 20.7 Å². The molecule has 3 rings (SSSR count). The van der Waals surface area contributed by atoms with E-state index in [0.717, 1.165) is 5.69 Å². The van der Waals surface area contributed by atoms with Gasteiger partial charge in [0.2, 0.25) is 0 Å². The molecule has 1 unspecified atom stereocenters. The standard InChI is InChI=1S/C22H30N4O4S/c1-22(2,3)30-21(27)19-11-13-26(14-12-24-19)16-9-10-18(23)20(15-16)25-31(28,29)17-7-5-4-6-8-17/h4-10,15,19,24-25H,11-14,23H2,1-3H3. The molecule has 4 N–H and O–H groups in total. The van der Waals surface area contributed by atoms with E-state index in [0.29, 0.717) is 37.4 Å². The number of carbonyl (C=O) groups is 1. The number of ether oxygens (including phenoxy) is 1. The number of nitrogens with one attached hydrogen (secondary N) is 2. The van der Waals surface area contributed by atoms with Crippen LogP contribution in [0.5, 0.6) is 0 Å². The number of nitrogens with two attached hydrogens (primary N) is 1. The van der Waals surface area contributed by atoms with E-state index in [1.165, 1.54) is 12.1 Å². The molecule has 0 radical (unpaired) electrons. The van der Waals surface area contributed by atoms with Crippen LogP contribution in [-0.2, 0) is 19.6 Å². The van der Waals surface area contributed by atoms with Crippen LogP contribution in [0, 0.1) is 0 Å². The Kier molecular flexibility index (Phi) is 6.76. The molecule has 0 spiro atoms. The topological polar surface area (TPSA) is 114 Å². The highest BCUT2D eigenvalue weighted by Gasteiger charge is 2.27. The molecular weight excluding hydrogens is 416 g/mol. The van der Waals surface area contributed by atoms with Crippen LogP contribution >= 0.6 is 0 Å². The predicted molar refractivity (Wildman–Crippen MR) is 123 cm³/mol. The molecule has 1 aliphatic rings. The Hall–Kier alpha value is -2.78. The van der Waals surface area contributed by atoms with E-state index >= 15 is 0 Å². The summed E-state index contributed by atoms with van der Waals surface area (Å²) in [4.78, 5) is 14.7. The van der Waals surface area contributed by atoms with Gasteiger partial charge in [0.1, 0.15) is 11.6 Å². The Morgan fingerprint density at radius 2 is 1.87 bits per heavy atom. The van der Waals surface area contributed by atoms with Crippen LogP contribution in [0.2, 0.25) is 0 Å². The fourth-order valence-corrected chi connectivity index (χ4v) is 4.44. The normalized spacial score (nSPS) is 17.6. The first-order valence-corrected chi connectivity index (χ1v) is 11.7. The van der Waals surface area contributed by atoms with Crippen molar-refractivity contribution in [3.05, 3.63) is 48.5 Å². The summed E-state index contributed by atoms with van der Waals surface area (Å²) in [6, 6.07) is 13.0. The maximum Gasteiger partial charge on any atom is 0.323 e. The molecule has 8 nitrogen and oxygen atoms in total. The second-order valence-electron chi connectivity index (χ2n) is 8.51. The van der Waals surface area contributed by atoms with Crippen LogP contribution in [-0.4, -0.2) is 45.7 Å². The van der Waals surface area contributed by atoms with Gasteiger partial charge in [0.15, 0.2) is 0 Å². The number of esters is 1. The van der Waals surface area contributed by atoms with E-state index in [1.54, 1.807) is 30.3 Å². The van der Waals surface area contributed by atoms with Gasteiger partial charge in [-0.3, -0.25) is 9.52 Å². The van der Waals surface area contributed by atoms with Gasteiger partial charge in [0.05, 0.1) is 16.3 Å². The molecule has 2 aromatic carbocycles. The predicted octanol–water partition coefficient (Wildman–Crippen LogP) is 2.58. The molecule has 0 aliphatic carbocycles. The largest absolute Gasteiger partial charge is 0.459 e. The fraction of sp³-hybridized carbons (Fsp3) is 0.409. The minimum absolute atomic E-state index is 0.166. The minimum Gasteiger partial charge on any atom is -0.459 e. The van der Waals surface area contributed by atoms with Crippen LogP contribution in [0.25, 0.3) is 0 Å². The smallest absolute Gasteiger partial charge is 0.323 e. The van der Waals surface area contributed by atoms with Crippen molar-refractivity contribution in [1.82, 2.24) is 5.32 Å². The molecule has 0 aromatic heterocycles. The monoisotopic (exact) mass is 446 g/mol. The molecule has 0 bridgehead atoms. The SMILES string of the molecule is CC(C)(C)OC(=O)C1CCN(c2ccc(N)c(NS(=O)(=O)c3ccccc3)c2)CCN1. The molecule has 0 saturated carbocycles. The van der Waals surface area contributed by atoms with Gasteiger partial charge in [0.25, 0.3) is 10.0 Å². The molecule has 168 valence electrons. The maximum absolute atomic E-state index is 12.7. The summed E-state index contributed by atoms with van der Waals surface area (Å²) in [5.41, 5.74) is 6.98. The third kappa shape index (κ3) is 6.11. The number of nitrogen functional groups attached to an aromatic ring is 1. The lowest BCUT2D eigenvalue weighted by atomic mass is 10.1. The Labute approximate surface area is 183 Å². The summed E-state index contributed by atoms with van der Waals surface area (Å²) < 4.78 is 33.4. The van der Waals surface area contributed by atoms with Crippen LogP contribution in [0.15, 0.2) is 53.4 Å². The fourth-order valence-electron chi connectivity index (χ4n) is 3.34. The highest BCUT2D eigenvalue weighted by atomic mass is 32.2. The highest BCUT2D eigenvalue weighted by molar-refractivity contribution is 7.92. The number of nitrogens with zero attached hydrogens (tertiary/aromatic N) is 1. The van der Waals surface area contributed by atoms with Gasteiger partial charge >= 0.3 is 5.97 Å². The van der Waals surface area contributed by atoms with Crippen molar-refractivity contribution >= 4 is 33.1 Å². The molecule has 2 aromatic rings. The summed E-state index contributed by atoms with van der Waals surface area (Å²) in [5.74, 6) is -0.261. The van der Waals surface area contributed by atoms with Crippen molar-refractivity contribution < 1.29 is 17.9 Å². The third-order valence-electron chi connectivity index (χ3n) is 4.85. The van der Waals surface area contributed by atoms with Crippen LogP contribution < -0.4 is 20.7 Å². The van der Waals surface area contributed by atoms with Crippen molar-refractivity contribution in [2.45, 2.75) is 43.7 Å². The summed E-state index contributed by atoms with van der Waals surface area (Å²) in [7, 11) is -3.75. The number of hydrogen-bond acceptors (Lipinski definition) is 7. The Balaban J connectivity index is 1.73. The third-order valence-corrected chi connectivity index (χ3v) is 6.23. The number of sulfonamides is 1. The summed E-state index contributed by atoms with van der Waals surface area (Å²) in [6.45, 7) is 7.42. The second kappa shape index (κ2) is 9.15. The van der Waals surface area contributed by atoms with Gasteiger partial charge in [-0.25, -0.2) is 8.42 Å². The summed E-state index contributed by atoms with van der Waals surface area (Å²) >= 11 is 0. The van der Waals surface area contributed by atoms with E-state index in [1.807, 2.05) is 26.8 Å². The minimum atomic E-state index is -3.75. The molecule has 31 heavy (non-hydrogen) atoms. The van der Waals surface area contributed by atoms with Gasteiger partial charge in [-0.2, -0.15) is 0 Å². The first-order valence-electron chi connectivity index (χ1n) is 10.2. The molecule has 1 fully saturated rings. The Morgan fingerprint density at radius 3 is 2.55 bits per heavy atom. The van der Waals surface area contributed by atoms with Crippen molar-refractivity contribution in [3.8, 4) is 0 Å². The molecule has 1 heterocycles. The average molecular weight is 447 g/mol. The Morgan fingerprint density at radius 1 is 1.16 bits per heavy atom. The van der Waals surface area contributed by atoms with Gasteiger partial charge in [-0.15, -0.1) is 0 Å². The quantitative estimate of drug-likeness (QED) is 0.478. The lowest BCUT2D eigenvalue weighted by molar-refractivity contribution is -0.157. The zero-order chi connectivity index (χ0) is 22.6. The zero-order valence-corrected chi connectivity index (χ0v) is 18.9. The molecule has 1 atom stereocenters. The number of anilines is 3. The second-order valence-corrected chi connectivity index (χ2v) is 10.2. The number of carbonyl (C=O) groups excluding carboxylic acids is 1.